The van der Waals surface area contributed by atoms with Gasteiger partial charge < -0.3 is 4.74 Å². The number of benzene rings is 2. The van der Waals surface area contributed by atoms with Gasteiger partial charge in [-0.1, -0.05) is 11.6 Å². The molecule has 0 radical (unpaired) electrons. The van der Waals surface area contributed by atoms with E-state index in [9.17, 15) is 30.0 Å². The van der Waals surface area contributed by atoms with Gasteiger partial charge in [-0.2, -0.15) is 13.2 Å². The number of halogens is 4. The second kappa shape index (κ2) is 8.40. The van der Waals surface area contributed by atoms with Gasteiger partial charge in [-0.15, -0.1) is 0 Å². The van der Waals surface area contributed by atoms with E-state index in [1.54, 1.807) is 0 Å². The Balaban J connectivity index is 2.05. The summed E-state index contributed by atoms with van der Waals surface area (Å²) >= 11 is 5.89. The fourth-order valence-corrected chi connectivity index (χ4v) is 6.20. The van der Waals surface area contributed by atoms with E-state index in [1.807, 2.05) is 4.72 Å². The van der Waals surface area contributed by atoms with Gasteiger partial charge in [0.05, 0.1) is 34.8 Å². The highest BCUT2D eigenvalue weighted by molar-refractivity contribution is 7.93. The number of sulfonamides is 2. The zero-order chi connectivity index (χ0) is 23.0. The Hall–Kier alpha value is -2.18. The normalized spacial score (nSPS) is 16.7. The zero-order valence-electron chi connectivity index (χ0n) is 16.1. The number of nitrogens with zero attached hydrogens (tertiary/aromatic N) is 1. The number of methoxy groups -OCH3 is 1. The maximum atomic E-state index is 13.0. The lowest BCUT2D eigenvalue weighted by atomic mass is 10.2. The molecular weight excluding hydrogens is 481 g/mol. The number of hydrogen-bond acceptors (Lipinski definition) is 5. The van der Waals surface area contributed by atoms with Gasteiger partial charge in [0.25, 0.3) is 10.0 Å². The first kappa shape index (κ1) is 23.5. The van der Waals surface area contributed by atoms with Crippen molar-refractivity contribution >= 4 is 43.0 Å². The topological polar surface area (TPSA) is 92.8 Å². The lowest BCUT2D eigenvalue weighted by Gasteiger charge is -2.28. The first-order valence-corrected chi connectivity index (χ1v) is 12.4. The lowest BCUT2D eigenvalue weighted by Crippen LogP contribution is -2.37. The van der Waals surface area contributed by atoms with Crippen LogP contribution < -0.4 is 13.8 Å². The van der Waals surface area contributed by atoms with Crippen molar-refractivity contribution in [2.45, 2.75) is 23.9 Å². The Morgan fingerprint density at radius 2 is 1.84 bits per heavy atom. The number of hydrogen-bond donors (Lipinski definition) is 1. The van der Waals surface area contributed by atoms with Crippen molar-refractivity contribution in [1.82, 2.24) is 0 Å². The summed E-state index contributed by atoms with van der Waals surface area (Å²) in [6.07, 6.45) is -3.60. The van der Waals surface area contributed by atoms with Gasteiger partial charge in [0.1, 0.15) is 10.6 Å². The van der Waals surface area contributed by atoms with E-state index in [1.165, 1.54) is 19.2 Å². The van der Waals surface area contributed by atoms with Crippen LogP contribution in [0.25, 0.3) is 0 Å². The molecular formula is C18H18ClF3N2O5S2. The van der Waals surface area contributed by atoms with Crippen LogP contribution in [0.1, 0.15) is 18.4 Å². The Labute approximate surface area is 182 Å². The minimum Gasteiger partial charge on any atom is -0.495 e. The second-order valence-electron chi connectivity index (χ2n) is 6.73. The number of alkyl halides is 3. The highest BCUT2D eigenvalue weighted by Crippen LogP contribution is 2.37. The van der Waals surface area contributed by atoms with Crippen LogP contribution in [0.5, 0.6) is 5.75 Å². The second-order valence-corrected chi connectivity index (χ2v) is 10.8. The van der Waals surface area contributed by atoms with E-state index in [-0.39, 0.29) is 28.8 Å². The fourth-order valence-electron chi connectivity index (χ4n) is 3.09. The highest BCUT2D eigenvalue weighted by Gasteiger charge is 2.32. The highest BCUT2D eigenvalue weighted by atomic mass is 35.5. The van der Waals surface area contributed by atoms with E-state index in [2.05, 4.69) is 0 Å². The molecule has 1 saturated heterocycles. The summed E-state index contributed by atoms with van der Waals surface area (Å²) in [6, 6.07) is 6.01. The number of anilines is 2. The fraction of sp³-hybridized carbons (Fsp3) is 0.333. The van der Waals surface area contributed by atoms with Crippen LogP contribution in [-0.2, 0) is 26.2 Å². The van der Waals surface area contributed by atoms with Gasteiger partial charge in [-0.05, 0) is 49.2 Å². The molecule has 1 aliphatic rings. The van der Waals surface area contributed by atoms with Crippen LogP contribution in [0.15, 0.2) is 41.3 Å². The third-order valence-corrected chi connectivity index (χ3v) is 8.20. The average molecular weight is 499 g/mol. The van der Waals surface area contributed by atoms with Gasteiger partial charge in [-0.3, -0.25) is 9.03 Å². The maximum absolute atomic E-state index is 13.0. The van der Waals surface area contributed by atoms with Crippen molar-refractivity contribution in [3.63, 3.8) is 0 Å². The van der Waals surface area contributed by atoms with Crippen molar-refractivity contribution in [1.29, 1.82) is 0 Å². The summed E-state index contributed by atoms with van der Waals surface area (Å²) in [5.74, 6) is -0.187. The standard InChI is InChI=1S/C18H18ClF3N2O5S2/c1-29-16-7-5-13(24-8-2-3-9-30(24,25)26)11-17(16)31(27,28)23-15-10-12(18(20,21)22)4-6-14(15)19/h4-7,10-11,23H,2-3,8-9H2,1H3. The molecule has 0 saturated carbocycles. The maximum Gasteiger partial charge on any atom is 0.416 e. The molecule has 0 atom stereocenters. The molecule has 1 aliphatic heterocycles. The minimum atomic E-state index is -4.70. The number of ether oxygens (including phenoxy) is 1. The minimum absolute atomic E-state index is 0.0702. The molecule has 0 aromatic heterocycles. The molecule has 170 valence electrons. The molecule has 7 nitrogen and oxygen atoms in total. The van der Waals surface area contributed by atoms with Crippen molar-refractivity contribution < 1.29 is 34.7 Å². The summed E-state index contributed by atoms with van der Waals surface area (Å²) in [4.78, 5) is -0.443. The Bertz CT molecular complexity index is 1200. The summed E-state index contributed by atoms with van der Waals surface area (Å²) < 4.78 is 97.9. The quantitative estimate of drug-likeness (QED) is 0.670. The molecule has 0 amide bonds. The summed E-state index contributed by atoms with van der Waals surface area (Å²) in [6.45, 7) is 0.182. The van der Waals surface area contributed by atoms with Crippen molar-refractivity contribution in [3.05, 3.63) is 47.0 Å². The Morgan fingerprint density at radius 1 is 1.13 bits per heavy atom. The van der Waals surface area contributed by atoms with Gasteiger partial charge >= 0.3 is 6.18 Å². The summed E-state index contributed by atoms with van der Waals surface area (Å²) in [7, 11) is -6.89. The van der Waals surface area contributed by atoms with Crippen LogP contribution in [0.2, 0.25) is 5.02 Å². The zero-order valence-corrected chi connectivity index (χ0v) is 18.5. The summed E-state index contributed by atoms with van der Waals surface area (Å²) in [5, 5.41) is -0.245. The van der Waals surface area contributed by atoms with E-state index in [4.69, 9.17) is 16.3 Å². The van der Waals surface area contributed by atoms with Gasteiger partial charge in [0.15, 0.2) is 0 Å². The van der Waals surface area contributed by atoms with Gasteiger partial charge in [0, 0.05) is 6.54 Å². The van der Waals surface area contributed by atoms with Crippen LogP contribution >= 0.6 is 11.6 Å². The molecule has 3 rings (SSSR count). The predicted octanol–water partition coefficient (Wildman–Crippen LogP) is 4.10. The molecule has 31 heavy (non-hydrogen) atoms. The largest absolute Gasteiger partial charge is 0.495 e. The van der Waals surface area contributed by atoms with Crippen LogP contribution in [-0.4, -0.2) is 36.2 Å². The molecule has 1 N–H and O–H groups in total. The lowest BCUT2D eigenvalue weighted by molar-refractivity contribution is -0.137. The van der Waals surface area contributed by atoms with Crippen LogP contribution in [0.4, 0.5) is 24.5 Å². The monoisotopic (exact) mass is 498 g/mol. The van der Waals surface area contributed by atoms with Gasteiger partial charge in [-0.25, -0.2) is 16.8 Å². The van der Waals surface area contributed by atoms with Crippen LogP contribution in [0.3, 0.4) is 0 Å². The molecule has 0 bridgehead atoms. The smallest absolute Gasteiger partial charge is 0.416 e. The molecule has 2 aromatic rings. The SMILES string of the molecule is COc1ccc(N2CCCCS2(=O)=O)cc1S(=O)(=O)Nc1cc(C(F)(F)F)ccc1Cl. The molecule has 0 unspecified atom stereocenters. The van der Waals surface area contributed by atoms with E-state index >= 15 is 0 Å². The van der Waals surface area contributed by atoms with Gasteiger partial charge in [0.2, 0.25) is 10.0 Å². The predicted molar refractivity (Wildman–Crippen MR) is 111 cm³/mol. The number of rotatable bonds is 5. The van der Waals surface area contributed by atoms with Crippen molar-refractivity contribution in [3.8, 4) is 5.75 Å². The molecule has 2 aromatic carbocycles. The molecule has 1 fully saturated rings. The molecule has 0 aliphatic carbocycles. The Morgan fingerprint density at radius 3 is 2.45 bits per heavy atom. The van der Waals surface area contributed by atoms with Crippen molar-refractivity contribution in [2.75, 3.05) is 28.4 Å². The van der Waals surface area contributed by atoms with Crippen LogP contribution in [0, 0.1) is 0 Å². The third-order valence-electron chi connectivity index (χ3n) is 4.61. The average Bonchev–Trinajstić information content (AvgIpc) is 2.68. The van der Waals surface area contributed by atoms with E-state index < -0.39 is 42.4 Å². The first-order chi connectivity index (χ1) is 14.3. The summed E-state index contributed by atoms with van der Waals surface area (Å²) in [5.41, 5.74) is -1.46. The Kier molecular flexibility index (Phi) is 6.36. The van der Waals surface area contributed by atoms with E-state index in [0.29, 0.717) is 18.9 Å². The molecule has 13 heteroatoms. The molecule has 0 spiro atoms. The first-order valence-electron chi connectivity index (χ1n) is 8.93. The number of nitrogens with one attached hydrogen (secondary N) is 1. The molecule has 1 heterocycles. The van der Waals surface area contributed by atoms with E-state index in [0.717, 1.165) is 22.5 Å². The third kappa shape index (κ3) is 5.01. The van der Waals surface area contributed by atoms with Crippen molar-refractivity contribution in [2.24, 2.45) is 0 Å².